The van der Waals surface area contributed by atoms with Crippen LogP contribution in [0.4, 0.5) is 0 Å². The molecule has 1 aromatic rings. The van der Waals surface area contributed by atoms with Crippen LogP contribution < -0.4 is 9.47 Å². The van der Waals surface area contributed by atoms with Gasteiger partial charge in [0.1, 0.15) is 66.4 Å². The molecule has 14 heteroatoms. The topological polar surface area (TPSA) is 206 Å². The highest BCUT2D eigenvalue weighted by Gasteiger charge is 2.52. The normalized spacial score (nSPS) is 45.9. The SMILES string of the molecule is COc1ccc(O[C@@H]2O[C@@H](C)[C@@H](O[C@@H]3OC[C@@H](O)[C@H](O)[C@H]3O)[C@@H](O[C@H]3O[C@H](C)[C@@H](O)[C@H](O)[C@@H]3O)[C@@H]2O)cc1. The molecule has 0 bridgehead atoms. The van der Waals surface area contributed by atoms with Gasteiger partial charge < -0.3 is 68.9 Å². The second kappa shape index (κ2) is 12.2. The molecule has 14 nitrogen and oxygen atoms in total. The number of aliphatic hydroxyl groups excluding tert-OH is 7. The van der Waals surface area contributed by atoms with Crippen molar-refractivity contribution in [1.82, 2.24) is 0 Å². The summed E-state index contributed by atoms with van der Waals surface area (Å²) in [6.45, 7) is 2.73. The molecule has 38 heavy (non-hydrogen) atoms. The third kappa shape index (κ3) is 6.06. The zero-order chi connectivity index (χ0) is 27.7. The molecule has 14 atom stereocenters. The maximum absolute atomic E-state index is 11.2. The fourth-order valence-electron chi connectivity index (χ4n) is 4.55. The van der Waals surface area contributed by atoms with Gasteiger partial charge in [0.15, 0.2) is 12.6 Å². The summed E-state index contributed by atoms with van der Waals surface area (Å²) in [7, 11) is 1.51. The molecule has 3 aliphatic rings. The van der Waals surface area contributed by atoms with Gasteiger partial charge >= 0.3 is 0 Å². The Morgan fingerprint density at radius 2 is 1.21 bits per heavy atom. The number of hydrogen-bond donors (Lipinski definition) is 7. The van der Waals surface area contributed by atoms with Crippen LogP contribution in [0.2, 0.25) is 0 Å². The van der Waals surface area contributed by atoms with E-state index in [2.05, 4.69) is 0 Å². The number of benzene rings is 1. The van der Waals surface area contributed by atoms with E-state index in [9.17, 15) is 35.7 Å². The fourth-order valence-corrected chi connectivity index (χ4v) is 4.55. The molecule has 4 rings (SSSR count). The first-order chi connectivity index (χ1) is 18.0. The monoisotopic (exact) mass is 548 g/mol. The predicted octanol–water partition coefficient (Wildman–Crippen LogP) is -2.78. The van der Waals surface area contributed by atoms with E-state index in [-0.39, 0.29) is 6.61 Å². The number of ether oxygens (including phenoxy) is 7. The predicted molar refractivity (Wildman–Crippen MR) is 124 cm³/mol. The van der Waals surface area contributed by atoms with Gasteiger partial charge in [0.25, 0.3) is 0 Å². The van der Waals surface area contributed by atoms with E-state index < -0.39 is 86.0 Å². The average Bonchev–Trinajstić information content (AvgIpc) is 2.90. The van der Waals surface area contributed by atoms with E-state index in [4.69, 9.17) is 33.2 Å². The zero-order valence-corrected chi connectivity index (χ0v) is 21.1. The number of aliphatic hydroxyl groups is 7. The molecule has 3 saturated heterocycles. The van der Waals surface area contributed by atoms with Crippen molar-refractivity contribution in [3.8, 4) is 11.5 Å². The molecule has 1 aromatic carbocycles. The van der Waals surface area contributed by atoms with Gasteiger partial charge in [-0.15, -0.1) is 0 Å². The summed E-state index contributed by atoms with van der Waals surface area (Å²) < 4.78 is 39.5. The first-order valence-electron chi connectivity index (χ1n) is 12.3. The Balaban J connectivity index is 1.56. The van der Waals surface area contributed by atoms with E-state index in [0.29, 0.717) is 11.5 Å². The van der Waals surface area contributed by atoms with Crippen LogP contribution in [0.1, 0.15) is 13.8 Å². The van der Waals surface area contributed by atoms with Gasteiger partial charge in [-0.3, -0.25) is 0 Å². The highest BCUT2D eigenvalue weighted by molar-refractivity contribution is 5.31. The molecular formula is C24H36O14. The van der Waals surface area contributed by atoms with Gasteiger partial charge in [0.05, 0.1) is 25.9 Å². The fraction of sp³-hybridized carbons (Fsp3) is 0.750. The molecule has 0 radical (unpaired) electrons. The Morgan fingerprint density at radius 1 is 0.632 bits per heavy atom. The molecule has 0 spiro atoms. The molecule has 0 saturated carbocycles. The maximum atomic E-state index is 11.2. The summed E-state index contributed by atoms with van der Waals surface area (Å²) in [6, 6.07) is 6.50. The molecule has 0 unspecified atom stereocenters. The largest absolute Gasteiger partial charge is 0.497 e. The second-order valence-corrected chi connectivity index (χ2v) is 9.63. The van der Waals surface area contributed by atoms with Gasteiger partial charge in [-0.1, -0.05) is 0 Å². The van der Waals surface area contributed by atoms with Gasteiger partial charge in [0, 0.05) is 0 Å². The van der Waals surface area contributed by atoms with Crippen LogP contribution in [-0.2, 0) is 23.7 Å². The van der Waals surface area contributed by atoms with Crippen LogP contribution in [-0.4, -0.2) is 135 Å². The maximum Gasteiger partial charge on any atom is 0.229 e. The summed E-state index contributed by atoms with van der Waals surface area (Å²) in [5.41, 5.74) is 0. The van der Waals surface area contributed by atoms with E-state index in [1.54, 1.807) is 31.2 Å². The van der Waals surface area contributed by atoms with Crippen molar-refractivity contribution in [3.63, 3.8) is 0 Å². The van der Waals surface area contributed by atoms with Crippen LogP contribution in [0.5, 0.6) is 11.5 Å². The molecule has 3 heterocycles. The van der Waals surface area contributed by atoms with Crippen molar-refractivity contribution in [2.24, 2.45) is 0 Å². The standard InChI is InChI=1S/C24H36O14/c1-9-14(26)16(28)18(30)23(34-9)38-21-19(31)24(36-12-6-4-11(32-3)5-7-12)35-10(2)20(21)37-22-17(29)15(27)13(25)8-33-22/h4-7,9-10,13-31H,8H2,1-3H3/t9-,10+,13-,14-,15+,16+,17-,18+,19+,20-,21+,22+,23-,24+/m1/s1. The highest BCUT2D eigenvalue weighted by Crippen LogP contribution is 2.33. The minimum Gasteiger partial charge on any atom is -0.497 e. The third-order valence-corrected chi connectivity index (χ3v) is 6.91. The molecule has 3 aliphatic heterocycles. The first kappa shape index (κ1) is 29.3. The van der Waals surface area contributed by atoms with Crippen molar-refractivity contribution in [3.05, 3.63) is 24.3 Å². The zero-order valence-electron chi connectivity index (χ0n) is 21.1. The highest BCUT2D eigenvalue weighted by atomic mass is 16.8. The van der Waals surface area contributed by atoms with Crippen molar-refractivity contribution >= 4 is 0 Å². The molecule has 216 valence electrons. The Kier molecular flexibility index (Phi) is 9.45. The van der Waals surface area contributed by atoms with Crippen molar-refractivity contribution in [2.75, 3.05) is 13.7 Å². The van der Waals surface area contributed by atoms with Gasteiger partial charge in [-0.25, -0.2) is 0 Å². The smallest absolute Gasteiger partial charge is 0.229 e. The van der Waals surface area contributed by atoms with E-state index >= 15 is 0 Å². The van der Waals surface area contributed by atoms with Crippen LogP contribution in [0, 0.1) is 0 Å². The van der Waals surface area contributed by atoms with Crippen LogP contribution in [0.25, 0.3) is 0 Å². The Morgan fingerprint density at radius 3 is 1.87 bits per heavy atom. The average molecular weight is 549 g/mol. The summed E-state index contributed by atoms with van der Waals surface area (Å²) in [4.78, 5) is 0. The van der Waals surface area contributed by atoms with Crippen LogP contribution in [0.15, 0.2) is 24.3 Å². The Hall–Kier alpha value is -1.66. The molecule has 3 fully saturated rings. The van der Waals surface area contributed by atoms with E-state index in [1.165, 1.54) is 14.0 Å². The first-order valence-corrected chi connectivity index (χ1v) is 12.3. The van der Waals surface area contributed by atoms with E-state index in [1.807, 2.05) is 0 Å². The van der Waals surface area contributed by atoms with Crippen molar-refractivity contribution in [1.29, 1.82) is 0 Å². The lowest BCUT2D eigenvalue weighted by molar-refractivity contribution is -0.370. The molecule has 0 aliphatic carbocycles. The molecule has 7 N–H and O–H groups in total. The Bertz CT molecular complexity index is 887. The van der Waals surface area contributed by atoms with Crippen LogP contribution in [0.3, 0.4) is 0 Å². The Labute approximate surface area is 218 Å². The minimum absolute atomic E-state index is 0.325. The lowest BCUT2D eigenvalue weighted by Gasteiger charge is -2.48. The molecule has 0 amide bonds. The summed E-state index contributed by atoms with van der Waals surface area (Å²) in [5.74, 6) is 0.923. The molecule has 0 aromatic heterocycles. The van der Waals surface area contributed by atoms with Crippen molar-refractivity contribution < 1.29 is 68.9 Å². The second-order valence-electron chi connectivity index (χ2n) is 9.63. The summed E-state index contributed by atoms with van der Waals surface area (Å²) >= 11 is 0. The number of rotatable bonds is 7. The summed E-state index contributed by atoms with van der Waals surface area (Å²) in [6.07, 6.45) is -19.3. The van der Waals surface area contributed by atoms with E-state index in [0.717, 1.165) is 0 Å². The van der Waals surface area contributed by atoms with Gasteiger partial charge in [0.2, 0.25) is 6.29 Å². The number of hydrogen-bond acceptors (Lipinski definition) is 14. The van der Waals surface area contributed by atoms with Crippen molar-refractivity contribution in [2.45, 2.75) is 99.9 Å². The third-order valence-electron chi connectivity index (χ3n) is 6.91. The lowest BCUT2D eigenvalue weighted by atomic mass is 9.97. The number of methoxy groups -OCH3 is 1. The van der Waals surface area contributed by atoms with Gasteiger partial charge in [-0.05, 0) is 38.1 Å². The quantitative estimate of drug-likeness (QED) is 0.184. The van der Waals surface area contributed by atoms with Gasteiger partial charge in [-0.2, -0.15) is 0 Å². The minimum atomic E-state index is -1.68. The van der Waals surface area contributed by atoms with Crippen LogP contribution >= 0.6 is 0 Å². The molecular weight excluding hydrogens is 512 g/mol. The lowest BCUT2D eigenvalue weighted by Crippen LogP contribution is -2.65. The summed E-state index contributed by atoms with van der Waals surface area (Å²) in [5, 5.41) is 72.1.